The maximum absolute atomic E-state index is 12.7. The van der Waals surface area contributed by atoms with Crippen LogP contribution in [0.3, 0.4) is 0 Å². The van der Waals surface area contributed by atoms with E-state index in [1.165, 1.54) is 5.56 Å². The standard InChI is InChI=1S/C18H21N3O3/c1-23-15-8-10-6-7-13(12(10)9-16(15)24-2)19-18(22)17-11-4-3-5-14(11)20-21-17/h8-9,13H,3-7H2,1-2H3,(H,19,22)(H,20,21). The van der Waals surface area contributed by atoms with Crippen molar-refractivity contribution < 1.29 is 14.3 Å². The number of benzene rings is 1. The fraction of sp³-hybridized carbons (Fsp3) is 0.444. The molecule has 4 rings (SSSR count). The van der Waals surface area contributed by atoms with Crippen molar-refractivity contribution in [3.63, 3.8) is 0 Å². The van der Waals surface area contributed by atoms with Crippen LogP contribution in [0.25, 0.3) is 0 Å². The molecule has 0 bridgehead atoms. The Labute approximate surface area is 140 Å². The van der Waals surface area contributed by atoms with E-state index in [1.54, 1.807) is 14.2 Å². The van der Waals surface area contributed by atoms with Crippen molar-refractivity contribution in [1.82, 2.24) is 15.5 Å². The van der Waals surface area contributed by atoms with Crippen LogP contribution in [0, 0.1) is 0 Å². The molecule has 0 radical (unpaired) electrons. The van der Waals surface area contributed by atoms with E-state index < -0.39 is 0 Å². The minimum Gasteiger partial charge on any atom is -0.493 e. The second-order valence-corrected chi connectivity index (χ2v) is 6.35. The van der Waals surface area contributed by atoms with Gasteiger partial charge in [0.2, 0.25) is 0 Å². The molecule has 0 saturated heterocycles. The molecule has 6 heteroatoms. The quantitative estimate of drug-likeness (QED) is 0.904. The number of H-pyrrole nitrogens is 1. The molecule has 1 aromatic heterocycles. The van der Waals surface area contributed by atoms with Gasteiger partial charge in [0.15, 0.2) is 17.2 Å². The maximum atomic E-state index is 12.7. The number of aryl methyl sites for hydroxylation is 2. The highest BCUT2D eigenvalue weighted by Crippen LogP contribution is 2.39. The average molecular weight is 327 g/mol. The summed E-state index contributed by atoms with van der Waals surface area (Å²) in [6.45, 7) is 0. The third-order valence-corrected chi connectivity index (χ3v) is 5.05. The third kappa shape index (κ3) is 2.33. The Bertz CT molecular complexity index is 797. The molecule has 0 fully saturated rings. The number of aromatic amines is 1. The largest absolute Gasteiger partial charge is 0.493 e. The van der Waals surface area contributed by atoms with Gasteiger partial charge in [-0.2, -0.15) is 5.10 Å². The van der Waals surface area contributed by atoms with Crippen LogP contribution < -0.4 is 14.8 Å². The normalized spacial score (nSPS) is 18.2. The molecule has 1 heterocycles. The van der Waals surface area contributed by atoms with Gasteiger partial charge in [-0.05, 0) is 55.4 Å². The Balaban J connectivity index is 1.58. The van der Waals surface area contributed by atoms with Crippen molar-refractivity contribution in [2.75, 3.05) is 14.2 Å². The van der Waals surface area contributed by atoms with E-state index in [-0.39, 0.29) is 11.9 Å². The number of aromatic nitrogens is 2. The number of methoxy groups -OCH3 is 2. The van der Waals surface area contributed by atoms with Crippen LogP contribution in [0.2, 0.25) is 0 Å². The molecule has 6 nitrogen and oxygen atoms in total. The van der Waals surface area contributed by atoms with Gasteiger partial charge >= 0.3 is 0 Å². The molecule has 2 aliphatic rings. The van der Waals surface area contributed by atoms with Gasteiger partial charge in [-0.25, -0.2) is 0 Å². The van der Waals surface area contributed by atoms with Crippen molar-refractivity contribution in [2.45, 2.75) is 38.1 Å². The molecular formula is C18H21N3O3. The molecule has 0 saturated carbocycles. The van der Waals surface area contributed by atoms with Gasteiger partial charge in [0, 0.05) is 11.3 Å². The summed E-state index contributed by atoms with van der Waals surface area (Å²) < 4.78 is 10.8. The lowest BCUT2D eigenvalue weighted by molar-refractivity contribution is 0.0930. The zero-order valence-corrected chi connectivity index (χ0v) is 13.9. The van der Waals surface area contributed by atoms with Crippen LogP contribution in [0.15, 0.2) is 12.1 Å². The number of nitrogens with one attached hydrogen (secondary N) is 2. The minimum atomic E-state index is -0.0953. The van der Waals surface area contributed by atoms with Gasteiger partial charge in [-0.1, -0.05) is 0 Å². The van der Waals surface area contributed by atoms with Gasteiger partial charge in [-0.3, -0.25) is 9.89 Å². The first-order valence-electron chi connectivity index (χ1n) is 8.33. The average Bonchev–Trinajstić information content (AvgIpc) is 3.29. The molecular weight excluding hydrogens is 306 g/mol. The van der Waals surface area contributed by atoms with Crippen molar-refractivity contribution in [3.8, 4) is 11.5 Å². The molecule has 2 aliphatic carbocycles. The molecule has 2 aromatic rings. The van der Waals surface area contributed by atoms with Crippen molar-refractivity contribution in [2.24, 2.45) is 0 Å². The Morgan fingerprint density at radius 3 is 2.79 bits per heavy atom. The van der Waals surface area contributed by atoms with Gasteiger partial charge < -0.3 is 14.8 Å². The van der Waals surface area contributed by atoms with Crippen molar-refractivity contribution in [3.05, 3.63) is 40.2 Å². The number of rotatable bonds is 4. The molecule has 1 aromatic carbocycles. The first kappa shape index (κ1) is 15.1. The summed E-state index contributed by atoms with van der Waals surface area (Å²) in [6, 6.07) is 3.97. The van der Waals surface area contributed by atoms with E-state index in [0.29, 0.717) is 11.4 Å². The van der Waals surface area contributed by atoms with E-state index >= 15 is 0 Å². The zero-order valence-electron chi connectivity index (χ0n) is 13.9. The van der Waals surface area contributed by atoms with Crippen LogP contribution in [0.5, 0.6) is 11.5 Å². The number of hydrogen-bond donors (Lipinski definition) is 2. The summed E-state index contributed by atoms with van der Waals surface area (Å²) >= 11 is 0. The number of nitrogens with zero attached hydrogens (tertiary/aromatic N) is 1. The fourth-order valence-corrected chi connectivity index (χ4v) is 3.82. The molecule has 1 atom stereocenters. The van der Waals surface area contributed by atoms with E-state index in [0.717, 1.165) is 54.7 Å². The predicted octanol–water partition coefficient (Wildman–Crippen LogP) is 2.33. The number of carbonyl (C=O) groups is 1. The van der Waals surface area contributed by atoms with Crippen molar-refractivity contribution in [1.29, 1.82) is 0 Å². The molecule has 1 unspecified atom stereocenters. The van der Waals surface area contributed by atoms with Crippen LogP contribution in [0.4, 0.5) is 0 Å². The lowest BCUT2D eigenvalue weighted by Gasteiger charge is -2.16. The predicted molar refractivity (Wildman–Crippen MR) is 88.7 cm³/mol. The fourth-order valence-electron chi connectivity index (χ4n) is 3.82. The number of amides is 1. The van der Waals surface area contributed by atoms with Crippen LogP contribution in [-0.4, -0.2) is 30.3 Å². The molecule has 2 N–H and O–H groups in total. The highest BCUT2D eigenvalue weighted by molar-refractivity contribution is 5.94. The topological polar surface area (TPSA) is 76.2 Å². The zero-order chi connectivity index (χ0) is 16.7. The SMILES string of the molecule is COc1cc2c(cc1OC)C(NC(=O)c1n[nH]c3c1CCC3)CC2. The highest BCUT2D eigenvalue weighted by Gasteiger charge is 2.29. The van der Waals surface area contributed by atoms with Gasteiger partial charge in [0.05, 0.1) is 20.3 Å². The van der Waals surface area contributed by atoms with Gasteiger partial charge in [-0.15, -0.1) is 0 Å². The molecule has 126 valence electrons. The molecule has 0 aliphatic heterocycles. The summed E-state index contributed by atoms with van der Waals surface area (Å²) in [7, 11) is 3.26. The maximum Gasteiger partial charge on any atom is 0.272 e. The van der Waals surface area contributed by atoms with E-state index in [4.69, 9.17) is 9.47 Å². The number of ether oxygens (including phenoxy) is 2. The van der Waals surface area contributed by atoms with Crippen molar-refractivity contribution >= 4 is 5.91 Å². The molecule has 24 heavy (non-hydrogen) atoms. The Hall–Kier alpha value is -2.50. The summed E-state index contributed by atoms with van der Waals surface area (Å²) in [5.74, 6) is 1.33. The summed E-state index contributed by atoms with van der Waals surface area (Å²) in [4.78, 5) is 12.7. The number of hydrogen-bond acceptors (Lipinski definition) is 4. The van der Waals surface area contributed by atoms with Crippen LogP contribution in [-0.2, 0) is 19.3 Å². The lowest BCUT2D eigenvalue weighted by Crippen LogP contribution is -2.28. The minimum absolute atomic E-state index is 0.0129. The Morgan fingerprint density at radius 1 is 1.21 bits per heavy atom. The highest BCUT2D eigenvalue weighted by atomic mass is 16.5. The summed E-state index contributed by atoms with van der Waals surface area (Å²) in [5.41, 5.74) is 5.05. The summed E-state index contributed by atoms with van der Waals surface area (Å²) in [5, 5.41) is 10.4. The molecule has 1 amide bonds. The Kier molecular flexibility index (Phi) is 3.67. The van der Waals surface area contributed by atoms with Gasteiger partial charge in [0.25, 0.3) is 5.91 Å². The second kappa shape index (κ2) is 5.85. The van der Waals surface area contributed by atoms with E-state index in [2.05, 4.69) is 15.5 Å². The second-order valence-electron chi connectivity index (χ2n) is 6.35. The van der Waals surface area contributed by atoms with Crippen LogP contribution >= 0.6 is 0 Å². The third-order valence-electron chi connectivity index (χ3n) is 5.05. The molecule has 0 spiro atoms. The number of carbonyl (C=O) groups excluding carboxylic acids is 1. The number of fused-ring (bicyclic) bond motifs is 2. The Morgan fingerprint density at radius 2 is 2.00 bits per heavy atom. The first-order chi connectivity index (χ1) is 11.7. The van der Waals surface area contributed by atoms with Crippen LogP contribution in [0.1, 0.15) is 51.8 Å². The van der Waals surface area contributed by atoms with E-state index in [1.807, 2.05) is 12.1 Å². The monoisotopic (exact) mass is 327 g/mol. The first-order valence-corrected chi connectivity index (χ1v) is 8.33. The van der Waals surface area contributed by atoms with Gasteiger partial charge in [0.1, 0.15) is 0 Å². The lowest BCUT2D eigenvalue weighted by atomic mass is 10.1. The summed E-state index contributed by atoms with van der Waals surface area (Å²) in [6.07, 6.45) is 4.80. The van der Waals surface area contributed by atoms with E-state index in [9.17, 15) is 4.79 Å². The smallest absolute Gasteiger partial charge is 0.272 e.